The minimum atomic E-state index is -0.740. The molecule has 0 saturated carbocycles. The van der Waals surface area contributed by atoms with Crippen LogP contribution < -0.4 is 4.90 Å². The SMILES string of the molecule is CN(C)CCCN(C(=O)c1cccc(Cl)c1)c1nc2c(F)cc(F)cc2s1.Cl. The first-order valence-electron chi connectivity index (χ1n) is 8.33. The van der Waals surface area contributed by atoms with Gasteiger partial charge in [-0.1, -0.05) is 29.0 Å². The number of halogens is 4. The predicted molar refractivity (Wildman–Crippen MR) is 113 cm³/mol. The third-order valence-electron chi connectivity index (χ3n) is 3.94. The van der Waals surface area contributed by atoms with Crippen LogP contribution in [-0.2, 0) is 0 Å². The maximum absolute atomic E-state index is 14.0. The average Bonchev–Trinajstić information content (AvgIpc) is 3.02. The summed E-state index contributed by atoms with van der Waals surface area (Å²) in [6, 6.07) is 8.64. The van der Waals surface area contributed by atoms with Crippen LogP contribution in [0, 0.1) is 11.6 Å². The topological polar surface area (TPSA) is 36.4 Å². The van der Waals surface area contributed by atoms with Gasteiger partial charge in [-0.15, -0.1) is 12.4 Å². The summed E-state index contributed by atoms with van der Waals surface area (Å²) in [5.74, 6) is -1.69. The normalized spacial score (nSPS) is 10.9. The van der Waals surface area contributed by atoms with Crippen molar-refractivity contribution in [3.8, 4) is 0 Å². The molecule has 3 aromatic rings. The van der Waals surface area contributed by atoms with Crippen molar-refractivity contribution in [3.05, 3.63) is 58.6 Å². The monoisotopic (exact) mass is 445 g/mol. The largest absolute Gasteiger partial charge is 0.309 e. The fourth-order valence-electron chi connectivity index (χ4n) is 2.67. The number of hydrogen-bond donors (Lipinski definition) is 0. The van der Waals surface area contributed by atoms with E-state index in [1.807, 2.05) is 19.0 Å². The summed E-state index contributed by atoms with van der Waals surface area (Å²) in [7, 11) is 3.89. The number of carbonyl (C=O) groups is 1. The van der Waals surface area contributed by atoms with Gasteiger partial charge in [0.05, 0.1) is 4.70 Å². The van der Waals surface area contributed by atoms with Crippen LogP contribution in [0.3, 0.4) is 0 Å². The average molecular weight is 446 g/mol. The molecule has 1 aromatic heterocycles. The van der Waals surface area contributed by atoms with Crippen molar-refractivity contribution in [2.45, 2.75) is 6.42 Å². The van der Waals surface area contributed by atoms with Crippen molar-refractivity contribution in [3.63, 3.8) is 0 Å². The molecule has 0 unspecified atom stereocenters. The Bertz CT molecular complexity index is 981. The van der Waals surface area contributed by atoms with Crippen molar-refractivity contribution in [1.29, 1.82) is 0 Å². The number of thiazole rings is 1. The fourth-order valence-corrected chi connectivity index (χ4v) is 3.89. The van der Waals surface area contributed by atoms with Crippen LogP contribution in [0.25, 0.3) is 10.2 Å². The molecule has 2 aromatic carbocycles. The second-order valence-electron chi connectivity index (χ2n) is 6.35. The second-order valence-corrected chi connectivity index (χ2v) is 7.80. The Morgan fingerprint density at radius 2 is 1.93 bits per heavy atom. The molecular formula is C19H19Cl2F2N3OS. The number of benzene rings is 2. The molecular weight excluding hydrogens is 427 g/mol. The van der Waals surface area contributed by atoms with Crippen molar-refractivity contribution >= 4 is 56.6 Å². The van der Waals surface area contributed by atoms with E-state index in [-0.39, 0.29) is 23.8 Å². The molecule has 0 spiro atoms. The first-order valence-corrected chi connectivity index (χ1v) is 9.52. The smallest absolute Gasteiger partial charge is 0.260 e. The highest BCUT2D eigenvalue weighted by Gasteiger charge is 2.22. The summed E-state index contributed by atoms with van der Waals surface area (Å²) >= 11 is 7.09. The number of anilines is 1. The number of nitrogens with zero attached hydrogens (tertiary/aromatic N) is 3. The summed E-state index contributed by atoms with van der Waals surface area (Å²) in [6.07, 6.45) is 0.700. The maximum atomic E-state index is 14.0. The van der Waals surface area contributed by atoms with E-state index in [1.165, 1.54) is 11.0 Å². The van der Waals surface area contributed by atoms with E-state index < -0.39 is 11.6 Å². The number of hydrogen-bond acceptors (Lipinski definition) is 4. The number of rotatable bonds is 6. The molecule has 0 aliphatic carbocycles. The van der Waals surface area contributed by atoms with Crippen LogP contribution in [0.1, 0.15) is 16.8 Å². The van der Waals surface area contributed by atoms with Gasteiger partial charge in [0.15, 0.2) is 10.9 Å². The van der Waals surface area contributed by atoms with Gasteiger partial charge in [-0.3, -0.25) is 9.69 Å². The highest BCUT2D eigenvalue weighted by atomic mass is 35.5. The maximum Gasteiger partial charge on any atom is 0.260 e. The van der Waals surface area contributed by atoms with Gasteiger partial charge < -0.3 is 4.90 Å². The van der Waals surface area contributed by atoms with Gasteiger partial charge in [0, 0.05) is 23.2 Å². The molecule has 4 nitrogen and oxygen atoms in total. The second kappa shape index (κ2) is 9.60. The van der Waals surface area contributed by atoms with Gasteiger partial charge in [0.1, 0.15) is 11.3 Å². The van der Waals surface area contributed by atoms with E-state index in [9.17, 15) is 13.6 Å². The quantitative estimate of drug-likeness (QED) is 0.519. The van der Waals surface area contributed by atoms with Gasteiger partial charge in [-0.25, -0.2) is 13.8 Å². The lowest BCUT2D eigenvalue weighted by atomic mass is 10.2. The Labute approximate surface area is 177 Å². The van der Waals surface area contributed by atoms with Crippen LogP contribution in [-0.4, -0.2) is 43.0 Å². The van der Waals surface area contributed by atoms with Crippen molar-refractivity contribution in [2.24, 2.45) is 0 Å². The molecule has 9 heteroatoms. The van der Waals surface area contributed by atoms with E-state index in [0.29, 0.717) is 33.4 Å². The molecule has 1 amide bonds. The third kappa shape index (κ3) is 5.17. The fraction of sp³-hybridized carbons (Fsp3) is 0.263. The summed E-state index contributed by atoms with van der Waals surface area (Å²) in [5.41, 5.74) is 0.478. The highest BCUT2D eigenvalue weighted by Crippen LogP contribution is 2.32. The lowest BCUT2D eigenvalue weighted by Crippen LogP contribution is -2.33. The molecule has 0 aliphatic rings. The van der Waals surface area contributed by atoms with Crippen LogP contribution in [0.5, 0.6) is 0 Å². The number of aromatic nitrogens is 1. The molecule has 1 heterocycles. The predicted octanol–water partition coefficient (Wildman–Crippen LogP) is 5.25. The number of carbonyl (C=O) groups excluding carboxylic acids is 1. The lowest BCUT2D eigenvalue weighted by Gasteiger charge is -2.21. The molecule has 0 N–H and O–H groups in total. The molecule has 0 saturated heterocycles. The first kappa shape index (κ1) is 22.5. The van der Waals surface area contributed by atoms with E-state index in [1.54, 1.807) is 24.3 Å². The number of amides is 1. The highest BCUT2D eigenvalue weighted by molar-refractivity contribution is 7.22. The standard InChI is InChI=1S/C19H18ClF2N3OS.ClH/c1-24(2)7-4-8-25(18(26)12-5-3-6-13(20)9-12)19-23-17-15(22)10-14(21)11-16(17)27-19;/h3,5-6,9-11H,4,7-8H2,1-2H3;1H. The van der Waals surface area contributed by atoms with Crippen molar-refractivity contribution < 1.29 is 13.6 Å². The lowest BCUT2D eigenvalue weighted by molar-refractivity contribution is 0.0986. The Morgan fingerprint density at radius 1 is 1.18 bits per heavy atom. The molecule has 28 heavy (non-hydrogen) atoms. The summed E-state index contributed by atoms with van der Waals surface area (Å²) < 4.78 is 27.9. The molecule has 0 fully saturated rings. The van der Waals surface area contributed by atoms with E-state index in [2.05, 4.69) is 4.98 Å². The minimum Gasteiger partial charge on any atom is -0.309 e. The zero-order valence-electron chi connectivity index (χ0n) is 15.3. The molecule has 3 rings (SSSR count). The zero-order chi connectivity index (χ0) is 19.6. The molecule has 0 atom stereocenters. The molecule has 0 bridgehead atoms. The van der Waals surface area contributed by atoms with Gasteiger partial charge in [-0.2, -0.15) is 0 Å². The first-order chi connectivity index (χ1) is 12.8. The Balaban J connectivity index is 0.00000280. The minimum absolute atomic E-state index is 0. The zero-order valence-corrected chi connectivity index (χ0v) is 17.7. The van der Waals surface area contributed by atoms with E-state index in [0.717, 1.165) is 23.9 Å². The van der Waals surface area contributed by atoms with Crippen molar-refractivity contribution in [1.82, 2.24) is 9.88 Å². The summed E-state index contributed by atoms with van der Waals surface area (Å²) in [6.45, 7) is 1.17. The van der Waals surface area contributed by atoms with Crippen molar-refractivity contribution in [2.75, 3.05) is 32.1 Å². The van der Waals surface area contributed by atoms with Gasteiger partial charge in [0.2, 0.25) is 0 Å². The van der Waals surface area contributed by atoms with E-state index in [4.69, 9.17) is 11.6 Å². The number of fused-ring (bicyclic) bond motifs is 1. The van der Waals surface area contributed by atoms with Crippen LogP contribution in [0.4, 0.5) is 13.9 Å². The van der Waals surface area contributed by atoms with Crippen LogP contribution >= 0.6 is 35.3 Å². The summed E-state index contributed by atoms with van der Waals surface area (Å²) in [4.78, 5) is 20.8. The molecule has 0 radical (unpaired) electrons. The van der Waals surface area contributed by atoms with Gasteiger partial charge >= 0.3 is 0 Å². The molecule has 0 aliphatic heterocycles. The third-order valence-corrected chi connectivity index (χ3v) is 5.20. The Morgan fingerprint density at radius 3 is 2.61 bits per heavy atom. The van der Waals surface area contributed by atoms with Crippen LogP contribution in [0.2, 0.25) is 5.02 Å². The Kier molecular flexibility index (Phi) is 7.71. The van der Waals surface area contributed by atoms with E-state index >= 15 is 0 Å². The molecule has 150 valence electrons. The Hall–Kier alpha value is -1.80. The van der Waals surface area contributed by atoms with Crippen LogP contribution in [0.15, 0.2) is 36.4 Å². The van der Waals surface area contributed by atoms with Gasteiger partial charge in [-0.05, 0) is 51.3 Å². The summed E-state index contributed by atoms with van der Waals surface area (Å²) in [5, 5.41) is 0.782. The van der Waals surface area contributed by atoms with Gasteiger partial charge in [0.25, 0.3) is 5.91 Å².